The highest BCUT2D eigenvalue weighted by atomic mass is 32.2. The lowest BCUT2D eigenvalue weighted by molar-refractivity contribution is -0.197. The summed E-state index contributed by atoms with van der Waals surface area (Å²) in [5.74, 6) is -1.94. The first kappa shape index (κ1) is 25.3. The van der Waals surface area contributed by atoms with E-state index in [4.69, 9.17) is 14.0 Å². The van der Waals surface area contributed by atoms with Crippen LogP contribution in [0.25, 0.3) is 0 Å². The summed E-state index contributed by atoms with van der Waals surface area (Å²) >= 11 is 0. The average Bonchev–Trinajstić information content (AvgIpc) is 3.23. The van der Waals surface area contributed by atoms with Gasteiger partial charge in [-0.3, -0.25) is 9.35 Å². The number of hydrogen-bond donors (Lipinski definition) is 3. The zero-order chi connectivity index (χ0) is 24.1. The third-order valence-electron chi connectivity index (χ3n) is 6.07. The van der Waals surface area contributed by atoms with Crippen LogP contribution in [0.5, 0.6) is 0 Å². The van der Waals surface area contributed by atoms with Crippen LogP contribution in [0, 0.1) is 12.8 Å². The fourth-order valence-corrected chi connectivity index (χ4v) is 4.72. The number of carboxylic acid groups (broad SMARTS) is 1. The van der Waals surface area contributed by atoms with Crippen molar-refractivity contribution in [2.45, 2.75) is 55.9 Å². The number of aliphatic carboxylic acids is 1. The van der Waals surface area contributed by atoms with Crippen LogP contribution in [0.1, 0.15) is 43.4 Å². The standard InChI is InChI=1S/C17H23NO4.C7H8O3S/c1-12(13-5-3-2-4-6-13)18-15-7-8-17(21-9-10-22-17)11-14(15)16(19)20;1-6-2-4-7(5-3-6)11(8,9)10/h2-6,12,14-15,18H,7-11H2,1H3,(H,19,20);2-5H,1H3,(H,8,9,10)/t12-,14?,15?;/m1./s1. The molecule has 0 bridgehead atoms. The minimum absolute atomic E-state index is 0.0638. The Bertz CT molecular complexity index is 1020. The van der Waals surface area contributed by atoms with Gasteiger partial charge in [0.15, 0.2) is 5.79 Å². The van der Waals surface area contributed by atoms with Crippen LogP contribution in [0.4, 0.5) is 0 Å². The molecule has 1 aliphatic carbocycles. The number of hydrogen-bond acceptors (Lipinski definition) is 6. The molecule has 2 aromatic carbocycles. The van der Waals surface area contributed by atoms with Crippen LogP contribution >= 0.6 is 0 Å². The monoisotopic (exact) mass is 477 g/mol. The van der Waals surface area contributed by atoms with E-state index in [2.05, 4.69) is 24.4 Å². The molecule has 2 fully saturated rings. The zero-order valence-corrected chi connectivity index (χ0v) is 19.6. The maximum atomic E-state index is 11.7. The van der Waals surface area contributed by atoms with Gasteiger partial charge in [-0.25, -0.2) is 0 Å². The number of carbonyl (C=O) groups is 1. The first-order valence-electron chi connectivity index (χ1n) is 11.0. The van der Waals surface area contributed by atoms with Crippen molar-refractivity contribution in [2.24, 2.45) is 5.92 Å². The van der Waals surface area contributed by atoms with Crippen LogP contribution < -0.4 is 5.32 Å². The zero-order valence-electron chi connectivity index (χ0n) is 18.8. The van der Waals surface area contributed by atoms with E-state index >= 15 is 0 Å². The van der Waals surface area contributed by atoms with Gasteiger partial charge in [0.1, 0.15) is 0 Å². The number of carboxylic acids is 1. The molecule has 0 radical (unpaired) electrons. The van der Waals surface area contributed by atoms with E-state index in [1.54, 1.807) is 12.1 Å². The van der Waals surface area contributed by atoms with E-state index in [9.17, 15) is 18.3 Å². The lowest BCUT2D eigenvalue weighted by Crippen LogP contribution is -2.51. The molecule has 3 N–H and O–H groups in total. The van der Waals surface area contributed by atoms with Gasteiger partial charge in [-0.15, -0.1) is 0 Å². The van der Waals surface area contributed by atoms with Gasteiger partial charge >= 0.3 is 5.97 Å². The van der Waals surface area contributed by atoms with Crippen molar-refractivity contribution in [3.8, 4) is 0 Å². The first-order chi connectivity index (χ1) is 15.6. The second kappa shape index (κ2) is 10.8. The number of aryl methyl sites for hydroxylation is 1. The second-order valence-electron chi connectivity index (χ2n) is 8.49. The topological polar surface area (TPSA) is 122 Å². The molecule has 1 saturated carbocycles. The van der Waals surface area contributed by atoms with E-state index < -0.39 is 27.8 Å². The SMILES string of the molecule is C[C@@H](NC1CCC2(CC1C(=O)O)OCCO2)c1ccccc1.Cc1ccc(S(=O)(=O)O)cc1. The Morgan fingerprint density at radius 1 is 1.09 bits per heavy atom. The Hall–Kier alpha value is -2.30. The highest BCUT2D eigenvalue weighted by Crippen LogP contribution is 2.39. The van der Waals surface area contributed by atoms with Crippen LogP contribution in [0.2, 0.25) is 0 Å². The number of benzene rings is 2. The summed E-state index contributed by atoms with van der Waals surface area (Å²) < 4.78 is 40.9. The van der Waals surface area contributed by atoms with Crippen LogP contribution in [0.15, 0.2) is 59.5 Å². The Balaban J connectivity index is 0.000000235. The predicted octanol–water partition coefficient (Wildman–Crippen LogP) is 3.58. The molecule has 2 aliphatic rings. The van der Waals surface area contributed by atoms with Crippen LogP contribution in [-0.2, 0) is 24.4 Å². The minimum Gasteiger partial charge on any atom is -0.481 e. The van der Waals surface area contributed by atoms with Gasteiger partial charge in [0.2, 0.25) is 0 Å². The molecule has 4 rings (SSSR count). The summed E-state index contributed by atoms with van der Waals surface area (Å²) in [4.78, 5) is 11.6. The van der Waals surface area contributed by atoms with Crippen molar-refractivity contribution in [3.05, 3.63) is 65.7 Å². The van der Waals surface area contributed by atoms with Crippen molar-refractivity contribution in [2.75, 3.05) is 13.2 Å². The van der Waals surface area contributed by atoms with E-state index in [0.717, 1.165) is 18.4 Å². The van der Waals surface area contributed by atoms with Gasteiger partial charge in [-0.1, -0.05) is 48.0 Å². The smallest absolute Gasteiger partial charge is 0.308 e. The third kappa shape index (κ3) is 6.84. The summed E-state index contributed by atoms with van der Waals surface area (Å²) in [6.07, 6.45) is 1.91. The van der Waals surface area contributed by atoms with Crippen molar-refractivity contribution in [3.63, 3.8) is 0 Å². The largest absolute Gasteiger partial charge is 0.481 e. The summed E-state index contributed by atoms with van der Waals surface area (Å²) in [6, 6.07) is 16.1. The van der Waals surface area contributed by atoms with Crippen molar-refractivity contribution < 1.29 is 32.3 Å². The fraction of sp³-hybridized carbons (Fsp3) is 0.458. The Morgan fingerprint density at radius 2 is 1.70 bits per heavy atom. The summed E-state index contributed by atoms with van der Waals surface area (Å²) in [6.45, 7) is 5.03. The molecule has 3 atom stereocenters. The Labute approximate surface area is 194 Å². The maximum absolute atomic E-state index is 11.7. The van der Waals surface area contributed by atoms with Gasteiger partial charge in [-0.05, 0) is 38.0 Å². The normalized spacial score (nSPS) is 22.9. The Morgan fingerprint density at radius 3 is 2.24 bits per heavy atom. The summed E-state index contributed by atoms with van der Waals surface area (Å²) in [7, 11) is -4.02. The predicted molar refractivity (Wildman–Crippen MR) is 122 cm³/mol. The molecule has 0 aromatic heterocycles. The maximum Gasteiger partial charge on any atom is 0.308 e. The highest BCUT2D eigenvalue weighted by molar-refractivity contribution is 7.85. The van der Waals surface area contributed by atoms with Gasteiger partial charge in [0, 0.05) is 24.9 Å². The molecule has 9 heteroatoms. The molecule has 1 aliphatic heterocycles. The first-order valence-corrected chi connectivity index (χ1v) is 12.4. The number of nitrogens with one attached hydrogen (secondary N) is 1. The minimum atomic E-state index is -4.02. The van der Waals surface area contributed by atoms with Crippen molar-refractivity contribution in [1.82, 2.24) is 5.32 Å². The van der Waals surface area contributed by atoms with Gasteiger partial charge in [-0.2, -0.15) is 8.42 Å². The summed E-state index contributed by atoms with van der Waals surface area (Å²) in [5, 5.41) is 13.1. The van der Waals surface area contributed by atoms with Gasteiger partial charge in [0.05, 0.1) is 24.0 Å². The molecular formula is C24H31NO7S. The molecule has 1 saturated heterocycles. The Kier molecular flexibility index (Phi) is 8.25. The van der Waals surface area contributed by atoms with Crippen LogP contribution in [0.3, 0.4) is 0 Å². The van der Waals surface area contributed by atoms with Crippen molar-refractivity contribution >= 4 is 16.1 Å². The number of rotatable bonds is 5. The molecule has 1 spiro atoms. The molecule has 180 valence electrons. The fourth-order valence-electron chi connectivity index (χ4n) is 4.24. The third-order valence-corrected chi connectivity index (χ3v) is 6.93. The highest BCUT2D eigenvalue weighted by Gasteiger charge is 2.47. The number of ether oxygens (including phenoxy) is 2. The van der Waals surface area contributed by atoms with Crippen LogP contribution in [-0.4, -0.2) is 49.1 Å². The van der Waals surface area contributed by atoms with E-state index in [1.807, 2.05) is 25.1 Å². The second-order valence-corrected chi connectivity index (χ2v) is 9.91. The summed E-state index contributed by atoms with van der Waals surface area (Å²) in [5.41, 5.74) is 2.12. The molecule has 2 unspecified atom stereocenters. The molecule has 33 heavy (non-hydrogen) atoms. The lowest BCUT2D eigenvalue weighted by Gasteiger charge is -2.40. The molecular weight excluding hydrogens is 446 g/mol. The molecule has 0 amide bonds. The molecule has 1 heterocycles. The average molecular weight is 478 g/mol. The lowest BCUT2D eigenvalue weighted by atomic mass is 9.80. The van der Waals surface area contributed by atoms with Crippen molar-refractivity contribution in [1.29, 1.82) is 0 Å². The van der Waals surface area contributed by atoms with E-state index in [0.29, 0.717) is 19.6 Å². The van der Waals surface area contributed by atoms with E-state index in [-0.39, 0.29) is 17.0 Å². The molecule has 2 aromatic rings. The molecule has 8 nitrogen and oxygen atoms in total. The van der Waals surface area contributed by atoms with Gasteiger partial charge in [0.25, 0.3) is 10.1 Å². The van der Waals surface area contributed by atoms with E-state index in [1.165, 1.54) is 17.7 Å². The van der Waals surface area contributed by atoms with Gasteiger partial charge < -0.3 is 19.9 Å². The quantitative estimate of drug-likeness (QED) is 0.559.